The van der Waals surface area contributed by atoms with Crippen LogP contribution in [0.3, 0.4) is 0 Å². The van der Waals surface area contributed by atoms with Gasteiger partial charge in [0.15, 0.2) is 0 Å². The van der Waals surface area contributed by atoms with Gasteiger partial charge in [0, 0.05) is 41.4 Å². The Labute approximate surface area is 212 Å². The first-order valence-corrected chi connectivity index (χ1v) is 11.3. The lowest BCUT2D eigenvalue weighted by molar-refractivity contribution is -0.137. The number of rotatable bonds is 8. The zero-order valence-corrected chi connectivity index (χ0v) is 20.2. The van der Waals surface area contributed by atoms with E-state index in [4.69, 9.17) is 5.73 Å². The fraction of sp³-hybridized carbons (Fsp3) is 0.185. The van der Waals surface area contributed by atoms with Crippen LogP contribution < -0.4 is 11.1 Å². The molecule has 0 amide bonds. The van der Waals surface area contributed by atoms with Crippen LogP contribution in [0.5, 0.6) is 0 Å². The number of hydrogen-bond acceptors (Lipinski definition) is 7. The molecule has 2 heterocycles. The minimum Gasteiger partial charge on any atom is -0.404 e. The number of alkyl halides is 3. The predicted octanol–water partition coefficient (Wildman–Crippen LogP) is 4.76. The quantitative estimate of drug-likeness (QED) is 0.342. The van der Waals surface area contributed by atoms with Gasteiger partial charge in [-0.15, -0.1) is 0 Å². The van der Waals surface area contributed by atoms with Crippen LogP contribution in [0.1, 0.15) is 16.7 Å². The highest BCUT2D eigenvalue weighted by atomic mass is 19.4. The molecule has 0 unspecified atom stereocenters. The normalized spacial score (nSPS) is 13.9. The first-order valence-electron chi connectivity index (χ1n) is 11.3. The van der Waals surface area contributed by atoms with Gasteiger partial charge in [-0.3, -0.25) is 4.99 Å². The van der Waals surface area contributed by atoms with Gasteiger partial charge in [0.1, 0.15) is 12.1 Å². The minimum atomic E-state index is -4.45. The fourth-order valence-corrected chi connectivity index (χ4v) is 3.52. The van der Waals surface area contributed by atoms with Gasteiger partial charge in [-0.25, -0.2) is 9.97 Å². The summed E-state index contributed by atoms with van der Waals surface area (Å²) in [6, 6.07) is 10.6. The summed E-state index contributed by atoms with van der Waals surface area (Å²) < 4.78 is 39.4. The molecule has 4 rings (SSSR count). The highest BCUT2D eigenvalue weighted by molar-refractivity contribution is 6.10. The number of fused-ring (bicyclic) bond motifs is 1. The first-order chi connectivity index (χ1) is 17.7. The third-order valence-electron chi connectivity index (χ3n) is 5.44. The highest BCUT2D eigenvalue weighted by Gasteiger charge is 2.30. The molecule has 1 aliphatic heterocycles. The molecule has 37 heavy (non-hydrogen) atoms. The van der Waals surface area contributed by atoms with Crippen molar-refractivity contribution in [1.29, 1.82) is 0 Å². The second kappa shape index (κ2) is 11.1. The number of halogens is 3. The Hall–Kier alpha value is -4.49. The van der Waals surface area contributed by atoms with Gasteiger partial charge in [-0.05, 0) is 55.7 Å². The molecular formula is C27H24F3N7. The summed E-state index contributed by atoms with van der Waals surface area (Å²) >= 11 is 0. The molecule has 7 nitrogen and oxygen atoms in total. The monoisotopic (exact) mass is 503 g/mol. The average molecular weight is 504 g/mol. The number of aliphatic imine (C=N–C) groups is 2. The summed E-state index contributed by atoms with van der Waals surface area (Å²) in [7, 11) is 3.97. The molecule has 0 spiro atoms. The minimum absolute atomic E-state index is 0.314. The lowest BCUT2D eigenvalue weighted by Gasteiger charge is -2.12. The lowest BCUT2D eigenvalue weighted by Crippen LogP contribution is -2.15. The molecule has 188 valence electrons. The van der Waals surface area contributed by atoms with Crippen LogP contribution in [0.25, 0.3) is 22.2 Å². The Morgan fingerprint density at radius 2 is 2.00 bits per heavy atom. The Balaban J connectivity index is 1.58. The van der Waals surface area contributed by atoms with Crippen molar-refractivity contribution in [3.63, 3.8) is 0 Å². The van der Waals surface area contributed by atoms with Crippen LogP contribution in [0.2, 0.25) is 0 Å². The molecule has 10 heteroatoms. The summed E-state index contributed by atoms with van der Waals surface area (Å²) in [6.07, 6.45) is 1.80. The molecule has 1 aromatic heterocycles. The first kappa shape index (κ1) is 25.6. The SMILES string of the molecule is CN(C)CCN=C/C(=C\N)c1ccc2c(NC3=C=C=NC(c4cccc(C(F)(F)F)c4)=C3)ncnc2c1. The van der Waals surface area contributed by atoms with Crippen molar-refractivity contribution >= 4 is 40.1 Å². The van der Waals surface area contributed by atoms with E-state index in [1.54, 1.807) is 18.4 Å². The Bertz CT molecular complexity index is 1500. The van der Waals surface area contributed by atoms with Gasteiger partial charge in [0.05, 0.1) is 29.0 Å². The van der Waals surface area contributed by atoms with Crippen molar-refractivity contribution in [2.24, 2.45) is 15.7 Å². The molecule has 2 aromatic carbocycles. The maximum Gasteiger partial charge on any atom is 0.416 e. The predicted molar refractivity (Wildman–Crippen MR) is 141 cm³/mol. The highest BCUT2D eigenvalue weighted by Crippen LogP contribution is 2.32. The molecule has 0 saturated carbocycles. The molecule has 0 aliphatic carbocycles. The van der Waals surface area contributed by atoms with E-state index in [1.807, 2.05) is 37.2 Å². The van der Waals surface area contributed by atoms with E-state index in [2.05, 4.69) is 36.9 Å². The van der Waals surface area contributed by atoms with Gasteiger partial charge in [-0.2, -0.15) is 18.2 Å². The molecule has 0 saturated heterocycles. The van der Waals surface area contributed by atoms with Crippen molar-refractivity contribution in [3.05, 3.63) is 89.2 Å². The Morgan fingerprint density at radius 1 is 1.16 bits per heavy atom. The second-order valence-corrected chi connectivity index (χ2v) is 8.41. The molecule has 3 aromatic rings. The van der Waals surface area contributed by atoms with Crippen molar-refractivity contribution in [3.8, 4) is 0 Å². The van der Waals surface area contributed by atoms with Crippen molar-refractivity contribution in [2.45, 2.75) is 6.18 Å². The van der Waals surface area contributed by atoms with Gasteiger partial charge < -0.3 is 16.0 Å². The summed E-state index contributed by atoms with van der Waals surface area (Å²) in [5, 5.41) is 3.88. The van der Waals surface area contributed by atoms with Crippen LogP contribution in [-0.4, -0.2) is 54.1 Å². The summed E-state index contributed by atoms with van der Waals surface area (Å²) in [5.74, 6) is 3.12. The zero-order chi connectivity index (χ0) is 26.4. The summed E-state index contributed by atoms with van der Waals surface area (Å²) in [6.45, 7) is 1.48. The molecule has 0 bridgehead atoms. The number of allylic oxidation sites excluding steroid dienone is 2. The molecule has 0 fully saturated rings. The summed E-state index contributed by atoms with van der Waals surface area (Å²) in [5.41, 5.74) is 11.3. The number of benzene rings is 2. The van der Waals surface area contributed by atoms with Crippen LogP contribution in [0, 0.1) is 0 Å². The van der Waals surface area contributed by atoms with E-state index in [-0.39, 0.29) is 0 Å². The number of anilines is 1. The van der Waals surface area contributed by atoms with Crippen molar-refractivity contribution in [1.82, 2.24) is 14.9 Å². The molecular weight excluding hydrogens is 479 g/mol. The number of nitrogens with one attached hydrogen (secondary N) is 1. The van der Waals surface area contributed by atoms with Gasteiger partial charge in [0.2, 0.25) is 0 Å². The van der Waals surface area contributed by atoms with Crippen LogP contribution >= 0.6 is 0 Å². The van der Waals surface area contributed by atoms with E-state index in [1.165, 1.54) is 18.6 Å². The number of likely N-dealkylation sites (N-methyl/N-ethyl adjacent to an activating group) is 1. The van der Waals surface area contributed by atoms with E-state index in [0.717, 1.165) is 35.2 Å². The maximum atomic E-state index is 13.1. The number of nitrogens with zero attached hydrogens (tertiary/aromatic N) is 5. The van der Waals surface area contributed by atoms with Crippen LogP contribution in [0.4, 0.5) is 19.0 Å². The van der Waals surface area contributed by atoms with E-state index >= 15 is 0 Å². The fourth-order valence-electron chi connectivity index (χ4n) is 3.52. The number of hydrogen-bond donors (Lipinski definition) is 2. The van der Waals surface area contributed by atoms with Gasteiger partial charge in [-0.1, -0.05) is 18.2 Å². The lowest BCUT2D eigenvalue weighted by atomic mass is 10.1. The second-order valence-electron chi connectivity index (χ2n) is 8.41. The number of aromatic nitrogens is 2. The average Bonchev–Trinajstić information content (AvgIpc) is 2.88. The zero-order valence-electron chi connectivity index (χ0n) is 20.2. The van der Waals surface area contributed by atoms with Gasteiger partial charge in [0.25, 0.3) is 0 Å². The van der Waals surface area contributed by atoms with E-state index in [9.17, 15) is 13.2 Å². The number of nitrogens with two attached hydrogens (primary N) is 1. The Morgan fingerprint density at radius 3 is 2.76 bits per heavy atom. The third-order valence-corrected chi connectivity index (χ3v) is 5.44. The largest absolute Gasteiger partial charge is 0.416 e. The standard InChI is InChI=1S/C27H24F3N7/c1-37(2)11-10-32-16-20(15-31)18-6-7-23-25(13-18)34-17-35-26(23)36-22-8-9-33-24(14-22)19-4-3-5-21(12-19)27(28,29)30/h3-7,12-17H,10-11,31H2,1-2H3,(H,34,35,36)/b20-15+,32-16?. The molecule has 1 aliphatic rings. The van der Waals surface area contributed by atoms with E-state index in [0.29, 0.717) is 34.8 Å². The molecule has 0 radical (unpaired) electrons. The summed E-state index contributed by atoms with van der Waals surface area (Å²) in [4.78, 5) is 19.2. The van der Waals surface area contributed by atoms with Crippen LogP contribution in [0.15, 0.2) is 82.5 Å². The third kappa shape index (κ3) is 6.39. The topological polar surface area (TPSA) is 91.8 Å². The van der Waals surface area contributed by atoms with Crippen LogP contribution in [-0.2, 0) is 6.18 Å². The van der Waals surface area contributed by atoms with Gasteiger partial charge >= 0.3 is 6.18 Å². The maximum absolute atomic E-state index is 13.1. The Kier molecular flexibility index (Phi) is 7.65. The van der Waals surface area contributed by atoms with E-state index < -0.39 is 11.7 Å². The molecule has 0 atom stereocenters. The molecule has 3 N–H and O–H groups in total. The smallest absolute Gasteiger partial charge is 0.404 e. The van der Waals surface area contributed by atoms with Crippen molar-refractivity contribution < 1.29 is 13.2 Å². The van der Waals surface area contributed by atoms with Crippen molar-refractivity contribution in [2.75, 3.05) is 32.5 Å².